The van der Waals surface area contributed by atoms with E-state index in [1.165, 1.54) is 0 Å². The van der Waals surface area contributed by atoms with E-state index < -0.39 is 235 Å². The summed E-state index contributed by atoms with van der Waals surface area (Å²) in [6.45, 7) is -15.4. The maximum absolute atomic E-state index is 13.0. The summed E-state index contributed by atoms with van der Waals surface area (Å²) >= 11 is 0. The summed E-state index contributed by atoms with van der Waals surface area (Å²) in [6, 6.07) is 0. The molecular weight excluding hydrogens is 1120 g/mol. The number of hydrogen-bond donors (Lipinski definition) is 6. The molecule has 0 fully saturated rings. The van der Waals surface area contributed by atoms with Crippen molar-refractivity contribution in [1.29, 1.82) is 0 Å². The highest BCUT2D eigenvalue weighted by Gasteiger charge is 2.23. The van der Waals surface area contributed by atoms with Crippen molar-refractivity contribution in [3.63, 3.8) is 0 Å². The zero-order valence-electron chi connectivity index (χ0n) is 41.3. The Bertz CT molecular complexity index is 2110. The van der Waals surface area contributed by atoms with Gasteiger partial charge in [-0.25, -0.2) is 43.6 Å². The molecule has 0 aliphatic carbocycles. The van der Waals surface area contributed by atoms with E-state index in [-0.39, 0.29) is 0 Å². The minimum absolute atomic E-state index is 0.364. The smallest absolute Gasteiger partial charge is 0.336 e. The Morgan fingerprint density at radius 3 is 0.662 bits per heavy atom. The molecule has 0 bridgehead atoms. The van der Waals surface area contributed by atoms with Crippen molar-refractivity contribution in [2.24, 2.45) is 0 Å². The number of carbonyl (C=O) groups excluding carboxylic acids is 12. The van der Waals surface area contributed by atoms with Gasteiger partial charge < -0.3 is 120 Å². The molecule has 0 heterocycles. The van der Waals surface area contributed by atoms with Crippen LogP contribution in [-0.4, -0.2) is 218 Å². The van der Waals surface area contributed by atoms with Gasteiger partial charge in [-0.1, -0.05) is 0 Å². The van der Waals surface area contributed by atoms with Gasteiger partial charge in [-0.3, -0.25) is 19.2 Å². The van der Waals surface area contributed by atoms with Crippen LogP contribution >= 0.6 is 0 Å². The summed E-state index contributed by atoms with van der Waals surface area (Å²) in [4.78, 5) is 152. The normalized spacial score (nSPS) is 11.5. The third-order valence-electron chi connectivity index (χ3n) is 7.43. The zero-order valence-corrected chi connectivity index (χ0v) is 41.3. The van der Waals surface area contributed by atoms with Crippen LogP contribution in [0.1, 0.15) is 25.7 Å². The summed E-state index contributed by atoms with van der Waals surface area (Å²) in [5, 5.41) is 51.7. The second kappa shape index (κ2) is 47.0. The maximum Gasteiger partial charge on any atom is 0.336 e. The minimum atomic E-state index is -1.52. The van der Waals surface area contributed by atoms with Crippen LogP contribution in [0.3, 0.4) is 0 Å². The number of esters is 12. The molecule has 39 heteroatoms. The van der Waals surface area contributed by atoms with Crippen LogP contribution in [0.2, 0.25) is 0 Å². The molecule has 0 radical (unpaired) electrons. The third kappa shape index (κ3) is 38.5. The van der Waals surface area contributed by atoms with Crippen molar-refractivity contribution < 1.29 is 188 Å². The van der Waals surface area contributed by atoms with Crippen molar-refractivity contribution >= 4 is 71.6 Å². The molecule has 0 atom stereocenters. The lowest BCUT2D eigenvalue weighted by Gasteiger charge is -2.11. The number of rotatable bonds is 45. The second-order valence-corrected chi connectivity index (χ2v) is 12.9. The molecule has 0 aromatic carbocycles. The molecule has 0 saturated carbocycles. The summed E-state index contributed by atoms with van der Waals surface area (Å²) in [5.41, 5.74) is -2.90. The van der Waals surface area contributed by atoms with Gasteiger partial charge in [0.2, 0.25) is 6.79 Å². The molecular formula is C41H52O39. The van der Waals surface area contributed by atoms with Gasteiger partial charge in [0.1, 0.15) is 34.0 Å². The quantitative estimate of drug-likeness (QED) is 0.00630. The Kier molecular flexibility index (Phi) is 42.3. The molecule has 0 spiro atoms. The summed E-state index contributed by atoms with van der Waals surface area (Å²) in [7, 11) is 0. The number of aliphatic hydroxyl groups excluding tert-OH is 5. The molecule has 0 aliphatic heterocycles. The van der Waals surface area contributed by atoms with Crippen LogP contribution in [0, 0.1) is 0 Å². The predicted molar refractivity (Wildman–Crippen MR) is 230 cm³/mol. The van der Waals surface area contributed by atoms with E-state index >= 15 is 0 Å². The average Bonchev–Trinajstić information content (AvgIpc) is 3.41. The Hall–Kier alpha value is -8.00. The molecule has 0 amide bonds. The van der Waals surface area contributed by atoms with E-state index in [4.69, 9.17) is 68.7 Å². The van der Waals surface area contributed by atoms with Gasteiger partial charge in [0.15, 0.2) is 74.7 Å². The zero-order chi connectivity index (χ0) is 59.8. The first-order valence-electron chi connectivity index (χ1n) is 21.2. The molecule has 6 N–H and O–H groups in total. The average molecular weight is 1170 g/mol. The fourth-order valence-electron chi connectivity index (χ4n) is 4.14. The molecule has 0 aromatic heterocycles. The van der Waals surface area contributed by atoms with Crippen molar-refractivity contribution in [2.75, 3.05) is 115 Å². The van der Waals surface area contributed by atoms with Crippen LogP contribution in [0.4, 0.5) is 0 Å². The summed E-state index contributed by atoms with van der Waals surface area (Å²) < 4.78 is 92.5. The summed E-state index contributed by atoms with van der Waals surface area (Å²) in [5.74, 6) is -15.8. The largest absolute Gasteiger partial charge is 0.438 e. The van der Waals surface area contributed by atoms with Crippen molar-refractivity contribution in [1.82, 2.24) is 0 Å². The van der Waals surface area contributed by atoms with Crippen molar-refractivity contribution in [2.45, 2.75) is 25.7 Å². The first-order valence-corrected chi connectivity index (χ1v) is 21.2. The minimum Gasteiger partial charge on any atom is -0.438 e. The molecule has 39 nitrogen and oxygen atoms in total. The first-order chi connectivity index (χ1) is 38.4. The highest BCUT2D eigenvalue weighted by atomic mass is 17.1. The van der Waals surface area contributed by atoms with Gasteiger partial charge in [-0.2, -0.15) is 4.89 Å². The summed E-state index contributed by atoms with van der Waals surface area (Å²) in [6.07, 6.45) is -2.15. The van der Waals surface area contributed by atoms with Gasteiger partial charge in [0, 0.05) is 24.3 Å². The number of ether oxygens (including phenoxy) is 20. The van der Waals surface area contributed by atoms with E-state index in [0.717, 1.165) is 0 Å². The van der Waals surface area contributed by atoms with Crippen LogP contribution in [0.25, 0.3) is 0 Å². The second-order valence-electron chi connectivity index (χ2n) is 12.9. The molecule has 0 saturated heterocycles. The van der Waals surface area contributed by atoms with E-state index in [9.17, 15) is 57.5 Å². The van der Waals surface area contributed by atoms with Gasteiger partial charge in [-0.15, -0.1) is 0 Å². The molecule has 0 unspecified atom stereocenters. The fourth-order valence-corrected chi connectivity index (χ4v) is 4.14. The van der Waals surface area contributed by atoms with Crippen molar-refractivity contribution in [3.8, 4) is 0 Å². The highest BCUT2D eigenvalue weighted by Crippen LogP contribution is 2.12. The third-order valence-corrected chi connectivity index (χ3v) is 7.43. The Morgan fingerprint density at radius 1 is 0.250 bits per heavy atom. The van der Waals surface area contributed by atoms with E-state index in [0.29, 0.717) is 24.3 Å². The number of aliphatic hydroxyl groups is 5. The SMILES string of the molecule is O=C(/C=C(/CC(=O)OCOCO)C(=O)OCOCO)OCOCOC(=O)/C=C(/CC(=O)OCOCOC(=O)/C=C(/CC(=O)OCOCO)C(=O)OCOCO)C(=O)OCOCOC(=O)/C=C(/CC(=O)OCOO)C(=O)OCOCO. The Balaban J connectivity index is 5.91. The lowest BCUT2D eigenvalue weighted by molar-refractivity contribution is -0.289. The molecule has 0 aliphatic rings. The fraction of sp³-hybridized carbons (Fsp3) is 0.512. The Morgan fingerprint density at radius 2 is 0.438 bits per heavy atom. The Labute approximate surface area is 447 Å². The lowest BCUT2D eigenvalue weighted by Crippen LogP contribution is -2.20. The lowest BCUT2D eigenvalue weighted by atomic mass is 10.2. The van der Waals surface area contributed by atoms with Gasteiger partial charge in [0.05, 0.1) is 48.0 Å². The number of hydrogen-bond acceptors (Lipinski definition) is 39. The van der Waals surface area contributed by atoms with Gasteiger partial charge in [-0.05, 0) is 0 Å². The number of carbonyl (C=O) groups is 12. The van der Waals surface area contributed by atoms with Crippen LogP contribution in [0.15, 0.2) is 46.6 Å². The molecule has 0 aromatic rings. The maximum atomic E-state index is 13.0. The molecule has 450 valence electrons. The van der Waals surface area contributed by atoms with Crippen LogP contribution in [-0.2, 0) is 157 Å². The van der Waals surface area contributed by atoms with Gasteiger partial charge >= 0.3 is 71.6 Å². The van der Waals surface area contributed by atoms with Crippen molar-refractivity contribution in [3.05, 3.63) is 46.6 Å². The monoisotopic (exact) mass is 1170 g/mol. The van der Waals surface area contributed by atoms with Crippen LogP contribution in [0.5, 0.6) is 0 Å². The standard InChI is InChI=1S/C41H52O39/c42-9-60-14-68-30(47)1-26(38(55)76-16-62-11-44)3-32(49)70-19-65-21-72-34(51)5-28(41(58)79-24-67-23-74-36(53)7-29(8-37(54)75-25-80-59)40(57)78-18-64-13-46)6-35(52)73-22-66-20-71-33(50)4-27(39(56)77-17-63-12-45)2-31(48)69-15-61-10-43/h3-5,7,42-46,59H,1-2,6,8-25H2/b26-3-,27-4-,28-5-,29-7-. The van der Waals surface area contributed by atoms with E-state index in [1.54, 1.807) is 0 Å². The van der Waals surface area contributed by atoms with E-state index in [1.807, 2.05) is 0 Å². The predicted octanol–water partition coefficient (Wildman–Crippen LogP) is -5.37. The van der Waals surface area contributed by atoms with Gasteiger partial charge in [0.25, 0.3) is 0 Å². The molecule has 80 heavy (non-hydrogen) atoms. The highest BCUT2D eigenvalue weighted by molar-refractivity contribution is 6.02. The molecule has 0 rings (SSSR count). The van der Waals surface area contributed by atoms with Crippen LogP contribution < -0.4 is 0 Å². The topological polar surface area (TPSA) is 520 Å². The van der Waals surface area contributed by atoms with E-state index in [2.05, 4.69) is 61.7 Å². The first kappa shape index (κ1) is 72.0.